The van der Waals surface area contributed by atoms with E-state index in [0.29, 0.717) is 18.5 Å². The van der Waals surface area contributed by atoms with Crippen LogP contribution in [0.1, 0.15) is 24.8 Å². The number of nitrogens with zero attached hydrogens (tertiary/aromatic N) is 1. The van der Waals surface area contributed by atoms with E-state index in [1.807, 2.05) is 18.2 Å². The lowest BCUT2D eigenvalue weighted by molar-refractivity contribution is -0.167. The molecule has 0 saturated carbocycles. The number of allylic oxidation sites excluding steroid dienone is 2. The molecule has 4 heteroatoms. The molecule has 89 valence electrons. The van der Waals surface area contributed by atoms with Crippen LogP contribution in [0.5, 0.6) is 0 Å². The molecule has 3 rings (SSSR count). The van der Waals surface area contributed by atoms with Gasteiger partial charge in [0.05, 0.1) is 17.3 Å². The number of hydrogen-bond acceptors (Lipinski definition) is 0. The minimum absolute atomic E-state index is 0.166. The summed E-state index contributed by atoms with van der Waals surface area (Å²) in [4.78, 5) is 0. The second-order valence-electron chi connectivity index (χ2n) is 4.48. The average Bonchev–Trinajstić information content (AvgIpc) is 2.65. The van der Waals surface area contributed by atoms with E-state index in [1.165, 1.54) is 0 Å². The fraction of sp³-hybridized carbons (Fsp3) is 0.385. The first-order chi connectivity index (χ1) is 8.07. The van der Waals surface area contributed by atoms with Crippen molar-refractivity contribution in [3.05, 3.63) is 35.5 Å². The molecule has 0 N–H and O–H groups in total. The normalized spacial score (nSPS) is 23.1. The number of benzene rings is 1. The highest BCUT2D eigenvalue weighted by Gasteiger charge is 2.46. The smallest absolute Gasteiger partial charge is 0.252 e. The van der Waals surface area contributed by atoms with Gasteiger partial charge in [0, 0.05) is 5.56 Å². The van der Waals surface area contributed by atoms with E-state index in [0.717, 1.165) is 11.1 Å². The SMILES string of the molecule is FC(F)(F)C1CCCC2=C1[N]c1ccccc12. The standard InChI is InChI=1S/C13H11F3N/c14-13(15,16)10-6-3-5-9-8-4-1-2-7-11(8)17-12(9)10/h1-2,4,7,10H,3,5-6H2. The van der Waals surface area contributed by atoms with E-state index in [4.69, 9.17) is 0 Å². The van der Waals surface area contributed by atoms with E-state index in [1.54, 1.807) is 6.07 Å². The van der Waals surface area contributed by atoms with Crippen molar-refractivity contribution in [3.8, 4) is 0 Å². The van der Waals surface area contributed by atoms with Crippen molar-refractivity contribution in [2.45, 2.75) is 25.4 Å². The van der Waals surface area contributed by atoms with Gasteiger partial charge in [-0.05, 0) is 30.9 Å². The highest BCUT2D eigenvalue weighted by molar-refractivity contribution is 5.82. The van der Waals surface area contributed by atoms with Gasteiger partial charge in [-0.25, -0.2) is 0 Å². The van der Waals surface area contributed by atoms with Gasteiger partial charge in [0.25, 0.3) is 0 Å². The third-order valence-electron chi connectivity index (χ3n) is 3.42. The van der Waals surface area contributed by atoms with Gasteiger partial charge in [-0.15, -0.1) is 0 Å². The second-order valence-corrected chi connectivity index (χ2v) is 4.48. The maximum absolute atomic E-state index is 12.9. The summed E-state index contributed by atoms with van der Waals surface area (Å²) in [5, 5.41) is 4.18. The first-order valence-electron chi connectivity index (χ1n) is 5.68. The van der Waals surface area contributed by atoms with Gasteiger partial charge in [-0.3, -0.25) is 5.32 Å². The quantitative estimate of drug-likeness (QED) is 0.648. The van der Waals surface area contributed by atoms with E-state index in [2.05, 4.69) is 5.32 Å². The predicted octanol–water partition coefficient (Wildman–Crippen LogP) is 4.01. The molecule has 0 spiro atoms. The van der Waals surface area contributed by atoms with Crippen LogP contribution < -0.4 is 5.32 Å². The summed E-state index contributed by atoms with van der Waals surface area (Å²) in [6, 6.07) is 7.30. The summed E-state index contributed by atoms with van der Waals surface area (Å²) in [5.74, 6) is -1.38. The van der Waals surface area contributed by atoms with Gasteiger partial charge >= 0.3 is 6.18 Å². The minimum Gasteiger partial charge on any atom is -0.252 e. The fourth-order valence-electron chi connectivity index (χ4n) is 2.65. The Kier molecular flexibility index (Phi) is 2.21. The van der Waals surface area contributed by atoms with Crippen LogP contribution in [0.2, 0.25) is 0 Å². The average molecular weight is 238 g/mol. The van der Waals surface area contributed by atoms with Crippen molar-refractivity contribution in [3.63, 3.8) is 0 Å². The number of para-hydroxylation sites is 1. The van der Waals surface area contributed by atoms with Gasteiger partial charge in [-0.2, -0.15) is 13.2 Å². The lowest BCUT2D eigenvalue weighted by atomic mass is 9.85. The van der Waals surface area contributed by atoms with E-state index < -0.39 is 12.1 Å². The Hall–Kier alpha value is -1.45. The Morgan fingerprint density at radius 3 is 2.71 bits per heavy atom. The molecule has 17 heavy (non-hydrogen) atoms. The van der Waals surface area contributed by atoms with Crippen LogP contribution in [0.3, 0.4) is 0 Å². The van der Waals surface area contributed by atoms with Crippen LogP contribution in [0.15, 0.2) is 30.0 Å². The van der Waals surface area contributed by atoms with Crippen molar-refractivity contribution in [1.82, 2.24) is 5.32 Å². The van der Waals surface area contributed by atoms with Crippen molar-refractivity contribution in [1.29, 1.82) is 0 Å². The lowest BCUT2D eigenvalue weighted by Gasteiger charge is -2.25. The highest BCUT2D eigenvalue weighted by atomic mass is 19.4. The molecule has 1 nitrogen and oxygen atoms in total. The van der Waals surface area contributed by atoms with Crippen molar-refractivity contribution < 1.29 is 13.2 Å². The Bertz CT molecular complexity index is 488. The summed E-state index contributed by atoms with van der Waals surface area (Å²) in [6.45, 7) is 0. The maximum atomic E-state index is 12.9. The van der Waals surface area contributed by atoms with Crippen molar-refractivity contribution in [2.24, 2.45) is 5.92 Å². The third-order valence-corrected chi connectivity index (χ3v) is 3.42. The maximum Gasteiger partial charge on any atom is 0.397 e. The molecule has 1 atom stereocenters. The summed E-state index contributed by atoms with van der Waals surface area (Å²) >= 11 is 0. The van der Waals surface area contributed by atoms with E-state index in [9.17, 15) is 13.2 Å². The third kappa shape index (κ3) is 1.63. The largest absolute Gasteiger partial charge is 0.397 e. The number of rotatable bonds is 0. The van der Waals surface area contributed by atoms with Crippen LogP contribution >= 0.6 is 0 Å². The first-order valence-corrected chi connectivity index (χ1v) is 5.68. The number of hydrogen-bond donors (Lipinski definition) is 0. The van der Waals surface area contributed by atoms with Gasteiger partial charge in [-0.1, -0.05) is 18.2 Å². The monoisotopic (exact) mass is 238 g/mol. The molecule has 2 aliphatic rings. The molecule has 1 aliphatic heterocycles. The summed E-state index contributed by atoms with van der Waals surface area (Å²) in [5.41, 5.74) is 2.63. The number of alkyl halides is 3. The Morgan fingerprint density at radius 1 is 1.18 bits per heavy atom. The van der Waals surface area contributed by atoms with Gasteiger partial charge in [0.1, 0.15) is 0 Å². The molecule has 0 fully saturated rings. The first kappa shape index (κ1) is 10.7. The Labute approximate surface area is 97.3 Å². The number of fused-ring (bicyclic) bond motifs is 2. The Morgan fingerprint density at radius 2 is 1.94 bits per heavy atom. The molecule has 1 radical (unpaired) electrons. The minimum atomic E-state index is -4.17. The van der Waals surface area contributed by atoms with Crippen LogP contribution in [0, 0.1) is 5.92 Å². The second kappa shape index (κ2) is 3.52. The zero-order valence-electron chi connectivity index (χ0n) is 9.09. The molecule has 1 aliphatic carbocycles. The van der Waals surface area contributed by atoms with Crippen LogP contribution in [-0.2, 0) is 0 Å². The van der Waals surface area contributed by atoms with E-state index in [-0.39, 0.29) is 12.1 Å². The molecule has 1 aromatic rings. The zero-order valence-corrected chi connectivity index (χ0v) is 9.09. The summed E-state index contributed by atoms with van der Waals surface area (Å²) < 4.78 is 38.7. The van der Waals surface area contributed by atoms with Gasteiger partial charge < -0.3 is 0 Å². The fourth-order valence-corrected chi connectivity index (χ4v) is 2.65. The zero-order chi connectivity index (χ0) is 12.0. The molecule has 1 heterocycles. The van der Waals surface area contributed by atoms with Gasteiger partial charge in [0.2, 0.25) is 0 Å². The van der Waals surface area contributed by atoms with Crippen molar-refractivity contribution >= 4 is 11.3 Å². The molecular formula is C13H11F3N. The molecular weight excluding hydrogens is 227 g/mol. The molecule has 0 bridgehead atoms. The number of halogens is 3. The molecule has 0 amide bonds. The molecule has 1 aromatic carbocycles. The Balaban J connectivity index is 2.06. The topological polar surface area (TPSA) is 14.1 Å². The summed E-state index contributed by atoms with van der Waals surface area (Å²) in [6.07, 6.45) is -2.71. The van der Waals surface area contributed by atoms with Crippen LogP contribution in [0.25, 0.3) is 5.57 Å². The molecule has 1 unspecified atom stereocenters. The molecule has 0 saturated heterocycles. The highest BCUT2D eigenvalue weighted by Crippen LogP contribution is 2.49. The predicted molar refractivity (Wildman–Crippen MR) is 58.6 cm³/mol. The van der Waals surface area contributed by atoms with Crippen LogP contribution in [-0.4, -0.2) is 6.18 Å². The molecule has 0 aromatic heterocycles. The van der Waals surface area contributed by atoms with Crippen molar-refractivity contribution in [2.75, 3.05) is 0 Å². The van der Waals surface area contributed by atoms with Gasteiger partial charge in [0.15, 0.2) is 0 Å². The lowest BCUT2D eigenvalue weighted by Crippen LogP contribution is -2.29. The van der Waals surface area contributed by atoms with Crippen LogP contribution in [0.4, 0.5) is 18.9 Å². The summed E-state index contributed by atoms with van der Waals surface area (Å²) in [7, 11) is 0. The van der Waals surface area contributed by atoms with E-state index >= 15 is 0 Å².